The zero-order valence-electron chi connectivity index (χ0n) is 11.5. The molecule has 1 N–H and O–H groups in total. The third kappa shape index (κ3) is 3.16. The van der Waals surface area contributed by atoms with Crippen LogP contribution in [0.25, 0.3) is 0 Å². The van der Waals surface area contributed by atoms with Gasteiger partial charge in [0.25, 0.3) is 0 Å². The van der Waals surface area contributed by atoms with E-state index in [1.165, 1.54) is 23.5 Å². The number of hydrogen-bond donors (Lipinski definition) is 1. The first-order valence-electron chi connectivity index (χ1n) is 6.47. The first-order valence-corrected chi connectivity index (χ1v) is 7.35. The second-order valence-corrected chi connectivity index (χ2v) is 5.35. The van der Waals surface area contributed by atoms with E-state index in [1.807, 2.05) is 18.4 Å². The summed E-state index contributed by atoms with van der Waals surface area (Å²) in [4.78, 5) is 0.895. The van der Waals surface area contributed by atoms with Gasteiger partial charge < -0.3 is 10.1 Å². The molecule has 5 heteroatoms. The predicted molar refractivity (Wildman–Crippen MR) is 77.4 cm³/mol. The Bertz CT molecular complexity index is 571. The topological polar surface area (TPSA) is 21.3 Å². The van der Waals surface area contributed by atoms with E-state index in [0.717, 1.165) is 23.9 Å². The van der Waals surface area contributed by atoms with E-state index in [4.69, 9.17) is 4.74 Å². The van der Waals surface area contributed by atoms with Gasteiger partial charge in [0, 0.05) is 11.6 Å². The Kier molecular flexibility index (Phi) is 5.09. The lowest BCUT2D eigenvalue weighted by molar-refractivity contribution is 0.406. The molecule has 108 valence electrons. The van der Waals surface area contributed by atoms with Gasteiger partial charge in [-0.1, -0.05) is 13.0 Å². The van der Waals surface area contributed by atoms with Crippen molar-refractivity contribution >= 4 is 11.3 Å². The normalized spacial score (nSPS) is 12.4. The summed E-state index contributed by atoms with van der Waals surface area (Å²) in [5.41, 5.74) is 0.431. The van der Waals surface area contributed by atoms with Gasteiger partial charge in [0.05, 0.1) is 18.0 Å². The molecule has 0 fully saturated rings. The molecule has 20 heavy (non-hydrogen) atoms. The van der Waals surface area contributed by atoms with Crippen LogP contribution in [0.5, 0.6) is 5.75 Å². The third-order valence-corrected chi connectivity index (χ3v) is 3.97. The van der Waals surface area contributed by atoms with Crippen LogP contribution in [-0.2, 0) is 0 Å². The van der Waals surface area contributed by atoms with Crippen molar-refractivity contribution in [1.82, 2.24) is 5.32 Å². The van der Waals surface area contributed by atoms with E-state index < -0.39 is 11.6 Å². The molecule has 0 saturated heterocycles. The van der Waals surface area contributed by atoms with Crippen LogP contribution in [0.4, 0.5) is 8.78 Å². The second kappa shape index (κ2) is 6.81. The van der Waals surface area contributed by atoms with Gasteiger partial charge in [-0.25, -0.2) is 8.78 Å². The Balaban J connectivity index is 2.41. The summed E-state index contributed by atoms with van der Waals surface area (Å²) in [7, 11) is 1.59. The van der Waals surface area contributed by atoms with Gasteiger partial charge in [0.2, 0.25) is 0 Å². The number of methoxy groups -OCH3 is 1. The summed E-state index contributed by atoms with van der Waals surface area (Å²) in [6.07, 6.45) is 0.924. The van der Waals surface area contributed by atoms with Crippen LogP contribution >= 0.6 is 11.3 Å². The van der Waals surface area contributed by atoms with Gasteiger partial charge in [-0.05, 0) is 30.5 Å². The van der Waals surface area contributed by atoms with Crippen LogP contribution in [0, 0.1) is 11.6 Å². The molecule has 0 aliphatic rings. The highest BCUT2D eigenvalue weighted by Gasteiger charge is 2.22. The van der Waals surface area contributed by atoms with Crippen molar-refractivity contribution in [1.29, 1.82) is 0 Å². The van der Waals surface area contributed by atoms with Gasteiger partial charge in [-0.15, -0.1) is 11.3 Å². The molecule has 0 aliphatic carbocycles. The molecular formula is C15H17F2NOS. The summed E-state index contributed by atoms with van der Waals surface area (Å²) in [6.45, 7) is 2.78. The van der Waals surface area contributed by atoms with E-state index >= 15 is 0 Å². The highest BCUT2D eigenvalue weighted by atomic mass is 32.1. The number of hydrogen-bond acceptors (Lipinski definition) is 3. The Morgan fingerprint density at radius 1 is 1.30 bits per heavy atom. The van der Waals surface area contributed by atoms with Crippen LogP contribution in [0.2, 0.25) is 0 Å². The fourth-order valence-corrected chi connectivity index (χ4v) is 3.01. The molecule has 1 unspecified atom stereocenters. The lowest BCUT2D eigenvalue weighted by Gasteiger charge is -2.19. The van der Waals surface area contributed by atoms with E-state index in [-0.39, 0.29) is 6.04 Å². The largest absolute Gasteiger partial charge is 0.496 e. The Morgan fingerprint density at radius 3 is 2.75 bits per heavy atom. The van der Waals surface area contributed by atoms with Crippen molar-refractivity contribution in [2.45, 2.75) is 19.4 Å². The Morgan fingerprint density at radius 2 is 2.10 bits per heavy atom. The molecule has 2 rings (SSSR count). The third-order valence-electron chi connectivity index (χ3n) is 3.01. The van der Waals surface area contributed by atoms with Gasteiger partial charge in [0.15, 0.2) is 0 Å². The average molecular weight is 297 g/mol. The van der Waals surface area contributed by atoms with E-state index in [1.54, 1.807) is 7.11 Å². The summed E-state index contributed by atoms with van der Waals surface area (Å²) in [6, 6.07) is 5.19. The van der Waals surface area contributed by atoms with Crippen molar-refractivity contribution in [3.8, 4) is 5.75 Å². The summed E-state index contributed by atoms with van der Waals surface area (Å²) in [5, 5.41) is 5.19. The predicted octanol–water partition coefficient (Wildman–Crippen LogP) is 4.12. The number of halogens is 2. The molecule has 0 bridgehead atoms. The number of benzene rings is 1. The van der Waals surface area contributed by atoms with Crippen LogP contribution in [0.15, 0.2) is 29.6 Å². The maximum absolute atomic E-state index is 14.0. The minimum atomic E-state index is -0.571. The Labute approximate surface area is 121 Å². The standard InChI is InChI=1S/C15H17F2NOS/c1-3-7-18-14(15-13(19-2)6-8-20-15)11-5-4-10(16)9-12(11)17/h4-6,8-9,14,18H,3,7H2,1-2H3. The highest BCUT2D eigenvalue weighted by molar-refractivity contribution is 7.10. The molecular weight excluding hydrogens is 280 g/mol. The first kappa shape index (κ1) is 14.9. The van der Waals surface area contributed by atoms with Crippen molar-refractivity contribution in [2.75, 3.05) is 13.7 Å². The van der Waals surface area contributed by atoms with Gasteiger partial charge >= 0.3 is 0 Å². The van der Waals surface area contributed by atoms with Crippen molar-refractivity contribution in [2.24, 2.45) is 0 Å². The van der Waals surface area contributed by atoms with Crippen molar-refractivity contribution in [3.05, 3.63) is 51.7 Å². The highest BCUT2D eigenvalue weighted by Crippen LogP contribution is 2.35. The summed E-state index contributed by atoms with van der Waals surface area (Å²) in [5.74, 6) is -0.403. The van der Waals surface area contributed by atoms with Crippen LogP contribution < -0.4 is 10.1 Å². The number of nitrogens with one attached hydrogen (secondary N) is 1. The molecule has 0 radical (unpaired) electrons. The number of thiophene rings is 1. The maximum Gasteiger partial charge on any atom is 0.134 e. The zero-order chi connectivity index (χ0) is 14.5. The molecule has 1 heterocycles. The molecule has 1 aromatic carbocycles. The van der Waals surface area contributed by atoms with E-state index in [9.17, 15) is 8.78 Å². The molecule has 0 saturated carbocycles. The summed E-state index contributed by atoms with van der Waals surface area (Å²) < 4.78 is 32.4. The number of ether oxygens (including phenoxy) is 1. The van der Waals surface area contributed by atoms with Gasteiger partial charge in [-0.2, -0.15) is 0 Å². The fourth-order valence-electron chi connectivity index (χ4n) is 2.06. The molecule has 2 aromatic rings. The maximum atomic E-state index is 14.0. The van der Waals surface area contributed by atoms with Crippen LogP contribution in [0.3, 0.4) is 0 Å². The SMILES string of the molecule is CCCNC(c1ccc(F)cc1F)c1sccc1OC. The van der Waals surface area contributed by atoms with Gasteiger partial charge in [-0.3, -0.25) is 0 Å². The lowest BCUT2D eigenvalue weighted by atomic mass is 10.0. The summed E-state index contributed by atoms with van der Waals surface area (Å²) >= 11 is 1.49. The monoisotopic (exact) mass is 297 g/mol. The van der Waals surface area contributed by atoms with E-state index in [0.29, 0.717) is 11.3 Å². The van der Waals surface area contributed by atoms with Crippen LogP contribution in [0.1, 0.15) is 29.8 Å². The first-order chi connectivity index (χ1) is 9.67. The van der Waals surface area contributed by atoms with Crippen molar-refractivity contribution < 1.29 is 13.5 Å². The van der Waals surface area contributed by atoms with Crippen LogP contribution in [-0.4, -0.2) is 13.7 Å². The molecule has 0 amide bonds. The van der Waals surface area contributed by atoms with Crippen molar-refractivity contribution in [3.63, 3.8) is 0 Å². The number of rotatable bonds is 6. The molecule has 1 aromatic heterocycles. The Hall–Kier alpha value is -1.46. The molecule has 1 atom stereocenters. The quantitative estimate of drug-likeness (QED) is 0.866. The van der Waals surface area contributed by atoms with E-state index in [2.05, 4.69) is 5.32 Å². The minimum Gasteiger partial charge on any atom is -0.496 e. The van der Waals surface area contributed by atoms with Gasteiger partial charge in [0.1, 0.15) is 17.4 Å². The molecule has 0 spiro atoms. The average Bonchev–Trinajstić information content (AvgIpc) is 2.89. The minimum absolute atomic E-state index is 0.328. The smallest absolute Gasteiger partial charge is 0.134 e. The second-order valence-electron chi connectivity index (χ2n) is 4.41. The molecule has 2 nitrogen and oxygen atoms in total. The molecule has 0 aliphatic heterocycles. The zero-order valence-corrected chi connectivity index (χ0v) is 12.3. The fraction of sp³-hybridized carbons (Fsp3) is 0.333. The lowest BCUT2D eigenvalue weighted by Crippen LogP contribution is -2.23.